The minimum absolute atomic E-state index is 0.274. The molecule has 3 aliphatic rings. The van der Waals surface area contributed by atoms with E-state index in [9.17, 15) is 0 Å². The summed E-state index contributed by atoms with van der Waals surface area (Å²) in [5, 5.41) is 0. The van der Waals surface area contributed by atoms with Crippen LogP contribution in [-0.4, -0.2) is 18.3 Å². The highest BCUT2D eigenvalue weighted by Gasteiger charge is 2.52. The van der Waals surface area contributed by atoms with Gasteiger partial charge in [0, 0.05) is 0 Å². The van der Waals surface area contributed by atoms with Crippen LogP contribution in [0.15, 0.2) is 18.2 Å². The highest BCUT2D eigenvalue weighted by atomic mass is 16.7. The summed E-state index contributed by atoms with van der Waals surface area (Å²) in [6, 6.07) is 6.55. The fourth-order valence-electron chi connectivity index (χ4n) is 3.39. The van der Waals surface area contributed by atoms with Crippen molar-refractivity contribution in [1.29, 1.82) is 0 Å². The van der Waals surface area contributed by atoms with Crippen molar-refractivity contribution in [2.45, 2.75) is 63.9 Å². The molecule has 0 aromatic heterocycles. The molecule has 1 aromatic carbocycles. The first-order valence-corrected chi connectivity index (χ1v) is 7.52. The van der Waals surface area contributed by atoms with Gasteiger partial charge in [0.05, 0.1) is 23.4 Å². The second-order valence-electron chi connectivity index (χ2n) is 7.17. The van der Waals surface area contributed by atoms with Gasteiger partial charge in [-0.1, -0.05) is 18.2 Å². The summed E-state index contributed by atoms with van der Waals surface area (Å²) in [6.07, 6.45) is 2.91. The quantitative estimate of drug-likeness (QED) is 0.736. The lowest BCUT2D eigenvalue weighted by molar-refractivity contribution is 0.00578. The molecule has 0 saturated carbocycles. The molecule has 20 heavy (non-hydrogen) atoms. The number of benzene rings is 1. The number of hydrogen-bond donors (Lipinski definition) is 0. The molecule has 0 spiro atoms. The van der Waals surface area contributed by atoms with E-state index >= 15 is 0 Å². The first kappa shape index (κ1) is 12.9. The van der Waals surface area contributed by atoms with Crippen LogP contribution in [0.2, 0.25) is 0 Å². The molecule has 2 fully saturated rings. The third-order valence-electron chi connectivity index (χ3n) is 5.35. The summed E-state index contributed by atoms with van der Waals surface area (Å²) in [7, 11) is -0.274. The molecule has 0 radical (unpaired) electrons. The van der Waals surface area contributed by atoms with E-state index in [1.54, 1.807) is 0 Å². The molecule has 2 unspecified atom stereocenters. The summed E-state index contributed by atoms with van der Waals surface area (Å²) in [6.45, 7) is 8.35. The van der Waals surface area contributed by atoms with Gasteiger partial charge < -0.3 is 14.0 Å². The highest BCUT2D eigenvalue weighted by molar-refractivity contribution is 6.62. The minimum Gasteiger partial charge on any atom is -0.399 e. The van der Waals surface area contributed by atoms with E-state index in [1.807, 2.05) is 0 Å². The third kappa shape index (κ3) is 1.65. The molecular weight excluding hydrogens is 251 g/mol. The van der Waals surface area contributed by atoms with Crippen LogP contribution in [0.4, 0.5) is 0 Å². The minimum atomic E-state index is -0.286. The predicted octanol–water partition coefficient (Wildman–Crippen LogP) is 2.89. The Kier molecular flexibility index (Phi) is 2.49. The third-order valence-corrected chi connectivity index (χ3v) is 5.35. The van der Waals surface area contributed by atoms with Crippen molar-refractivity contribution >= 4 is 12.6 Å². The maximum Gasteiger partial charge on any atom is 0.494 e. The van der Waals surface area contributed by atoms with Crippen molar-refractivity contribution < 1.29 is 14.0 Å². The van der Waals surface area contributed by atoms with Gasteiger partial charge in [-0.05, 0) is 57.1 Å². The van der Waals surface area contributed by atoms with Crippen molar-refractivity contribution in [3.63, 3.8) is 0 Å². The Labute approximate surface area is 120 Å². The number of ether oxygens (including phenoxy) is 1. The predicted molar refractivity (Wildman–Crippen MR) is 78.0 cm³/mol. The average molecular weight is 272 g/mol. The molecule has 4 heteroatoms. The summed E-state index contributed by atoms with van der Waals surface area (Å²) in [5.74, 6) is 0. The molecule has 0 aliphatic carbocycles. The molecule has 3 nitrogen and oxygen atoms in total. The van der Waals surface area contributed by atoms with Crippen LogP contribution in [0.3, 0.4) is 0 Å². The van der Waals surface area contributed by atoms with Crippen LogP contribution >= 0.6 is 0 Å². The van der Waals surface area contributed by atoms with E-state index < -0.39 is 0 Å². The summed E-state index contributed by atoms with van der Waals surface area (Å²) >= 11 is 0. The van der Waals surface area contributed by atoms with E-state index in [0.29, 0.717) is 6.10 Å². The first-order valence-electron chi connectivity index (χ1n) is 7.52. The largest absolute Gasteiger partial charge is 0.494 e. The number of fused-ring (bicyclic) bond motifs is 5. The maximum atomic E-state index is 6.13. The van der Waals surface area contributed by atoms with Crippen LogP contribution in [0.25, 0.3) is 0 Å². The standard InChI is InChI=1S/C16H21BO3/c1-15(2)16(3,4)20-17(19-15)10-5-6-11-12(9-10)14-8-7-13(11)18-14/h5-6,9,13-14H,7-8H2,1-4H3. The van der Waals surface area contributed by atoms with Crippen LogP contribution < -0.4 is 5.46 Å². The molecule has 0 amide bonds. The molecule has 0 N–H and O–H groups in total. The molecule has 106 valence electrons. The molecular formula is C16H21BO3. The lowest BCUT2D eigenvalue weighted by atomic mass is 9.76. The second kappa shape index (κ2) is 3.87. The van der Waals surface area contributed by atoms with E-state index in [4.69, 9.17) is 14.0 Å². The topological polar surface area (TPSA) is 27.7 Å². The van der Waals surface area contributed by atoms with Gasteiger partial charge in [0.2, 0.25) is 0 Å². The molecule has 3 heterocycles. The summed E-state index contributed by atoms with van der Waals surface area (Å²) in [5.41, 5.74) is 3.24. The normalized spacial score (nSPS) is 32.7. The van der Waals surface area contributed by atoms with Crippen molar-refractivity contribution in [3.8, 4) is 0 Å². The molecule has 4 rings (SSSR count). The molecule has 2 bridgehead atoms. The lowest BCUT2D eigenvalue weighted by Crippen LogP contribution is -2.41. The Hall–Kier alpha value is -0.835. The van der Waals surface area contributed by atoms with E-state index in [1.165, 1.54) is 11.1 Å². The average Bonchev–Trinajstić information content (AvgIpc) is 3.02. The van der Waals surface area contributed by atoms with E-state index in [-0.39, 0.29) is 24.4 Å². The van der Waals surface area contributed by atoms with Gasteiger partial charge in [-0.2, -0.15) is 0 Å². The summed E-state index contributed by atoms with van der Waals surface area (Å²) in [4.78, 5) is 0. The summed E-state index contributed by atoms with van der Waals surface area (Å²) < 4.78 is 18.2. The number of rotatable bonds is 1. The van der Waals surface area contributed by atoms with Crippen molar-refractivity contribution in [3.05, 3.63) is 29.3 Å². The molecule has 2 saturated heterocycles. The Morgan fingerprint density at radius 2 is 1.55 bits per heavy atom. The smallest absolute Gasteiger partial charge is 0.399 e. The van der Waals surface area contributed by atoms with Crippen molar-refractivity contribution in [1.82, 2.24) is 0 Å². The van der Waals surface area contributed by atoms with Crippen LogP contribution in [0.1, 0.15) is 63.9 Å². The zero-order valence-corrected chi connectivity index (χ0v) is 12.6. The first-order chi connectivity index (χ1) is 9.37. The Morgan fingerprint density at radius 1 is 0.950 bits per heavy atom. The zero-order valence-electron chi connectivity index (χ0n) is 12.6. The molecule has 2 atom stereocenters. The Balaban J connectivity index is 1.67. The monoisotopic (exact) mass is 272 g/mol. The fraction of sp³-hybridized carbons (Fsp3) is 0.625. The Morgan fingerprint density at radius 3 is 2.20 bits per heavy atom. The number of hydrogen-bond acceptors (Lipinski definition) is 3. The maximum absolute atomic E-state index is 6.13. The van der Waals surface area contributed by atoms with Crippen molar-refractivity contribution in [2.75, 3.05) is 0 Å². The van der Waals surface area contributed by atoms with Gasteiger partial charge in [-0.3, -0.25) is 0 Å². The van der Waals surface area contributed by atoms with Crippen LogP contribution in [-0.2, 0) is 14.0 Å². The van der Waals surface area contributed by atoms with Gasteiger partial charge in [0.1, 0.15) is 0 Å². The van der Waals surface area contributed by atoms with Crippen molar-refractivity contribution in [2.24, 2.45) is 0 Å². The van der Waals surface area contributed by atoms with Gasteiger partial charge in [0.15, 0.2) is 0 Å². The highest BCUT2D eigenvalue weighted by Crippen LogP contribution is 2.50. The molecule has 3 aliphatic heterocycles. The van der Waals surface area contributed by atoms with Gasteiger partial charge in [-0.25, -0.2) is 0 Å². The lowest BCUT2D eigenvalue weighted by Gasteiger charge is -2.32. The van der Waals surface area contributed by atoms with Gasteiger partial charge in [0.25, 0.3) is 0 Å². The van der Waals surface area contributed by atoms with E-state index in [2.05, 4.69) is 45.9 Å². The fourth-order valence-corrected chi connectivity index (χ4v) is 3.39. The Bertz CT molecular complexity index is 551. The SMILES string of the molecule is CC1(C)OB(c2ccc3c(c2)C2CCC3O2)OC1(C)C. The van der Waals surface area contributed by atoms with Crippen LogP contribution in [0, 0.1) is 0 Å². The molecule has 1 aromatic rings. The van der Waals surface area contributed by atoms with E-state index in [0.717, 1.165) is 18.3 Å². The second-order valence-corrected chi connectivity index (χ2v) is 7.17. The van der Waals surface area contributed by atoms with Gasteiger partial charge in [-0.15, -0.1) is 0 Å². The zero-order chi connectivity index (χ0) is 14.1. The van der Waals surface area contributed by atoms with Gasteiger partial charge >= 0.3 is 7.12 Å². The van der Waals surface area contributed by atoms with Crippen LogP contribution in [0.5, 0.6) is 0 Å².